The summed E-state index contributed by atoms with van der Waals surface area (Å²) in [6, 6.07) is 12.3. The maximum absolute atomic E-state index is 13.3. The molecule has 2 rings (SSSR count). The van der Waals surface area contributed by atoms with E-state index in [9.17, 15) is 19.5 Å². The van der Waals surface area contributed by atoms with Crippen LogP contribution in [0.1, 0.15) is 26.7 Å². The molecular weight excluding hydrogens is 399 g/mol. The summed E-state index contributed by atoms with van der Waals surface area (Å²) in [5.41, 5.74) is -0.142. The second-order valence-electron chi connectivity index (χ2n) is 6.12. The lowest BCUT2D eigenvalue weighted by molar-refractivity contribution is -0.384. The Labute approximate surface area is 168 Å². The summed E-state index contributed by atoms with van der Waals surface area (Å²) in [7, 11) is -4.07. The number of nitrogens with one attached hydrogen (secondary N) is 1. The number of benzene rings is 2. The predicted molar refractivity (Wildman–Crippen MR) is 107 cm³/mol. The second kappa shape index (κ2) is 10.6. The molecular formula is C19H23N2O7P. The monoisotopic (exact) mass is 422 g/mol. The van der Waals surface area contributed by atoms with E-state index in [1.54, 1.807) is 30.3 Å². The van der Waals surface area contributed by atoms with E-state index in [0.29, 0.717) is 0 Å². The maximum Gasteiger partial charge on any atom is 0.513 e. The van der Waals surface area contributed by atoms with E-state index in [1.807, 2.05) is 6.92 Å². The first kappa shape index (κ1) is 22.4. The number of hydrogen-bond donors (Lipinski definition) is 1. The number of nitro benzene ring substituents is 1. The van der Waals surface area contributed by atoms with Gasteiger partial charge < -0.3 is 13.8 Å². The molecule has 0 saturated carbocycles. The highest BCUT2D eigenvalue weighted by molar-refractivity contribution is 7.52. The Hall–Kier alpha value is -2.90. The van der Waals surface area contributed by atoms with Gasteiger partial charge >= 0.3 is 13.7 Å². The third kappa shape index (κ3) is 7.21. The Morgan fingerprint density at radius 2 is 1.69 bits per heavy atom. The molecule has 0 fully saturated rings. The molecule has 0 amide bonds. The van der Waals surface area contributed by atoms with Gasteiger partial charge in [-0.1, -0.05) is 31.5 Å². The van der Waals surface area contributed by atoms with Crippen LogP contribution in [0.25, 0.3) is 0 Å². The summed E-state index contributed by atoms with van der Waals surface area (Å²) >= 11 is 0. The standard InChI is InChI=1S/C19H23N2O7P/c1-3-4-14-26-19(22)15(2)20-29(25,27-17-8-6-5-7-9-17)28-18-12-10-16(11-13-18)21(23)24/h5-13,15H,3-4,14H2,1-2H3,(H,20,25)/t15-,29?/m1/s1. The van der Waals surface area contributed by atoms with Crippen molar-refractivity contribution in [2.45, 2.75) is 32.7 Å². The molecule has 0 bridgehead atoms. The van der Waals surface area contributed by atoms with Gasteiger partial charge in [0, 0.05) is 12.1 Å². The quantitative estimate of drug-likeness (QED) is 0.185. The number of nitrogens with zero attached hydrogens (tertiary/aromatic N) is 1. The van der Waals surface area contributed by atoms with Crippen LogP contribution in [-0.2, 0) is 14.1 Å². The molecule has 0 spiro atoms. The van der Waals surface area contributed by atoms with Crippen LogP contribution < -0.4 is 14.1 Å². The minimum Gasteiger partial charge on any atom is -0.465 e. The van der Waals surface area contributed by atoms with Crippen molar-refractivity contribution in [3.05, 3.63) is 64.7 Å². The van der Waals surface area contributed by atoms with E-state index in [-0.39, 0.29) is 23.8 Å². The molecule has 0 aliphatic carbocycles. The highest BCUT2D eigenvalue weighted by atomic mass is 31.2. The SMILES string of the molecule is CCCCOC(=O)[C@@H](C)NP(=O)(Oc1ccccc1)Oc1ccc([N+](=O)[O-])cc1. The normalized spacial score (nSPS) is 13.7. The highest BCUT2D eigenvalue weighted by Gasteiger charge is 2.33. The van der Waals surface area contributed by atoms with Crippen molar-refractivity contribution in [3.63, 3.8) is 0 Å². The number of nitro groups is 1. The van der Waals surface area contributed by atoms with Crippen molar-refractivity contribution in [2.75, 3.05) is 6.61 Å². The molecule has 1 N–H and O–H groups in total. The molecule has 156 valence electrons. The molecule has 0 aliphatic rings. The zero-order valence-electron chi connectivity index (χ0n) is 16.1. The largest absolute Gasteiger partial charge is 0.513 e. The van der Waals surface area contributed by atoms with Crippen LogP contribution in [0, 0.1) is 10.1 Å². The number of carbonyl (C=O) groups excluding carboxylic acids is 1. The fraction of sp³-hybridized carbons (Fsp3) is 0.316. The molecule has 0 heterocycles. The molecule has 0 radical (unpaired) electrons. The molecule has 0 aromatic heterocycles. The van der Waals surface area contributed by atoms with Crippen molar-refractivity contribution >= 4 is 19.4 Å². The highest BCUT2D eigenvalue weighted by Crippen LogP contribution is 2.45. The summed E-state index contributed by atoms with van der Waals surface area (Å²) < 4.78 is 29.4. The van der Waals surface area contributed by atoms with Gasteiger partial charge in [0.2, 0.25) is 0 Å². The summed E-state index contributed by atoms with van der Waals surface area (Å²) in [6.45, 7) is 3.71. The van der Waals surface area contributed by atoms with Crippen LogP contribution in [0.4, 0.5) is 5.69 Å². The van der Waals surface area contributed by atoms with Crippen LogP contribution in [-0.4, -0.2) is 23.5 Å². The van der Waals surface area contributed by atoms with Gasteiger partial charge in [-0.3, -0.25) is 14.9 Å². The smallest absolute Gasteiger partial charge is 0.465 e. The molecule has 0 aliphatic heterocycles. The Balaban J connectivity index is 2.17. The van der Waals surface area contributed by atoms with Gasteiger partial charge in [0.05, 0.1) is 11.5 Å². The average Bonchev–Trinajstić information content (AvgIpc) is 2.69. The van der Waals surface area contributed by atoms with Gasteiger partial charge in [-0.15, -0.1) is 0 Å². The van der Waals surface area contributed by atoms with Crippen molar-refractivity contribution < 1.29 is 28.1 Å². The Morgan fingerprint density at radius 1 is 1.10 bits per heavy atom. The van der Waals surface area contributed by atoms with E-state index in [2.05, 4.69) is 5.09 Å². The minimum absolute atomic E-state index is 0.0777. The van der Waals surface area contributed by atoms with Crippen LogP contribution in [0.2, 0.25) is 0 Å². The first-order chi connectivity index (χ1) is 13.8. The van der Waals surface area contributed by atoms with Crippen molar-refractivity contribution in [1.82, 2.24) is 5.09 Å². The van der Waals surface area contributed by atoms with Crippen LogP contribution in [0.3, 0.4) is 0 Å². The van der Waals surface area contributed by atoms with Gasteiger partial charge in [-0.25, -0.2) is 4.57 Å². The molecule has 9 nitrogen and oxygen atoms in total. The van der Waals surface area contributed by atoms with Gasteiger partial charge in [-0.2, -0.15) is 5.09 Å². The maximum atomic E-state index is 13.3. The Bertz CT molecular complexity index is 859. The Kier molecular flexibility index (Phi) is 8.18. The molecule has 2 aromatic carbocycles. The zero-order chi connectivity index (χ0) is 21.3. The van der Waals surface area contributed by atoms with E-state index >= 15 is 0 Å². The lowest BCUT2D eigenvalue weighted by Crippen LogP contribution is -2.36. The summed E-state index contributed by atoms with van der Waals surface area (Å²) in [5.74, 6) is -0.256. The third-order valence-corrected chi connectivity index (χ3v) is 5.30. The number of unbranched alkanes of at least 4 members (excludes halogenated alkanes) is 1. The number of ether oxygens (including phenoxy) is 1. The summed E-state index contributed by atoms with van der Waals surface area (Å²) in [5, 5.41) is 13.3. The van der Waals surface area contributed by atoms with E-state index in [0.717, 1.165) is 12.8 Å². The zero-order valence-corrected chi connectivity index (χ0v) is 17.0. The fourth-order valence-corrected chi connectivity index (χ4v) is 3.71. The van der Waals surface area contributed by atoms with Gasteiger partial charge in [0.1, 0.15) is 17.5 Å². The molecule has 2 atom stereocenters. The number of rotatable bonds is 11. The predicted octanol–water partition coefficient (Wildman–Crippen LogP) is 4.48. The molecule has 0 saturated heterocycles. The molecule has 29 heavy (non-hydrogen) atoms. The van der Waals surface area contributed by atoms with Crippen LogP contribution >= 0.6 is 7.75 Å². The van der Waals surface area contributed by atoms with Crippen LogP contribution in [0.5, 0.6) is 11.5 Å². The lowest BCUT2D eigenvalue weighted by Gasteiger charge is -2.23. The number of non-ortho nitro benzene ring substituents is 1. The lowest BCUT2D eigenvalue weighted by atomic mass is 10.3. The van der Waals surface area contributed by atoms with Crippen molar-refractivity contribution in [1.29, 1.82) is 0 Å². The van der Waals surface area contributed by atoms with Crippen molar-refractivity contribution in [3.8, 4) is 11.5 Å². The molecule has 2 aromatic rings. The van der Waals surface area contributed by atoms with Gasteiger partial charge in [0.25, 0.3) is 5.69 Å². The van der Waals surface area contributed by atoms with Gasteiger partial charge in [-0.05, 0) is 37.6 Å². The summed E-state index contributed by atoms with van der Waals surface area (Å²) in [4.78, 5) is 22.4. The first-order valence-corrected chi connectivity index (χ1v) is 10.6. The Morgan fingerprint density at radius 3 is 2.24 bits per heavy atom. The van der Waals surface area contributed by atoms with E-state index in [1.165, 1.54) is 31.2 Å². The minimum atomic E-state index is -4.07. The summed E-state index contributed by atoms with van der Waals surface area (Å²) in [6.07, 6.45) is 1.59. The third-order valence-electron chi connectivity index (χ3n) is 3.69. The number of hydrogen-bond acceptors (Lipinski definition) is 7. The first-order valence-electron chi connectivity index (χ1n) is 9.06. The van der Waals surface area contributed by atoms with Crippen molar-refractivity contribution in [2.24, 2.45) is 0 Å². The van der Waals surface area contributed by atoms with E-state index < -0.39 is 24.7 Å². The fourth-order valence-electron chi connectivity index (χ4n) is 2.19. The van der Waals surface area contributed by atoms with Gasteiger partial charge in [0.15, 0.2) is 0 Å². The molecule has 10 heteroatoms. The number of esters is 1. The van der Waals surface area contributed by atoms with E-state index in [4.69, 9.17) is 13.8 Å². The number of carbonyl (C=O) groups is 1. The number of para-hydroxylation sites is 1. The average molecular weight is 422 g/mol. The topological polar surface area (TPSA) is 117 Å². The molecule has 1 unspecified atom stereocenters. The van der Waals surface area contributed by atoms with Crippen LogP contribution in [0.15, 0.2) is 54.6 Å². The second-order valence-corrected chi connectivity index (χ2v) is 7.73.